The molecule has 0 aromatic rings. The lowest BCUT2D eigenvalue weighted by Crippen LogP contribution is -2.36. The Bertz CT molecular complexity index is 231. The average molecular weight is 199 g/mol. The number of hydroxylamine groups is 2. The molecule has 0 radical (unpaired) electrons. The maximum Gasteiger partial charge on any atom is 0.254 e. The fourth-order valence-electron chi connectivity index (χ4n) is 1.59. The maximum atomic E-state index is 11.2. The van der Waals surface area contributed by atoms with Crippen molar-refractivity contribution in [3.8, 4) is 0 Å². The molecule has 0 N–H and O–H groups in total. The highest BCUT2D eigenvalue weighted by atomic mass is 16.8. The van der Waals surface area contributed by atoms with E-state index in [4.69, 9.17) is 9.57 Å². The monoisotopic (exact) mass is 199 g/mol. The SMILES string of the molecule is O=C1CCC(=O)N1O[C@@H]1CCCCO1. The molecule has 14 heavy (non-hydrogen) atoms. The summed E-state index contributed by atoms with van der Waals surface area (Å²) >= 11 is 0. The highest BCUT2D eigenvalue weighted by molar-refractivity contribution is 6.00. The molecule has 5 nitrogen and oxygen atoms in total. The predicted molar refractivity (Wildman–Crippen MR) is 45.8 cm³/mol. The summed E-state index contributed by atoms with van der Waals surface area (Å²) in [5.41, 5.74) is 0. The van der Waals surface area contributed by atoms with Crippen LogP contribution in [0.1, 0.15) is 32.1 Å². The van der Waals surface area contributed by atoms with Crippen LogP contribution in [0.15, 0.2) is 0 Å². The van der Waals surface area contributed by atoms with Crippen LogP contribution >= 0.6 is 0 Å². The van der Waals surface area contributed by atoms with E-state index < -0.39 is 6.29 Å². The standard InChI is InChI=1S/C9H13NO4/c11-7-4-5-8(12)10(7)14-9-3-1-2-6-13-9/h9H,1-6H2/t9-/m1/s1. The quantitative estimate of drug-likeness (QED) is 0.611. The first-order valence-corrected chi connectivity index (χ1v) is 4.91. The smallest absolute Gasteiger partial charge is 0.254 e. The molecule has 0 bridgehead atoms. The van der Waals surface area contributed by atoms with Gasteiger partial charge < -0.3 is 4.74 Å². The first-order valence-electron chi connectivity index (χ1n) is 4.91. The van der Waals surface area contributed by atoms with Gasteiger partial charge >= 0.3 is 0 Å². The molecule has 2 aliphatic rings. The van der Waals surface area contributed by atoms with E-state index in [0.29, 0.717) is 6.61 Å². The summed E-state index contributed by atoms with van der Waals surface area (Å²) in [6.07, 6.45) is 2.87. The Morgan fingerprint density at radius 3 is 2.50 bits per heavy atom. The molecule has 2 saturated heterocycles. The van der Waals surface area contributed by atoms with Gasteiger partial charge in [0, 0.05) is 25.9 Å². The summed E-state index contributed by atoms with van der Waals surface area (Å²) in [5.74, 6) is -0.520. The van der Waals surface area contributed by atoms with Crippen LogP contribution in [-0.2, 0) is 19.2 Å². The zero-order valence-electron chi connectivity index (χ0n) is 7.90. The zero-order valence-corrected chi connectivity index (χ0v) is 7.90. The van der Waals surface area contributed by atoms with E-state index in [-0.39, 0.29) is 24.7 Å². The molecule has 1 atom stereocenters. The molecule has 0 unspecified atom stereocenters. The topological polar surface area (TPSA) is 55.8 Å². The third kappa shape index (κ3) is 1.93. The van der Waals surface area contributed by atoms with Crippen LogP contribution < -0.4 is 0 Å². The first kappa shape index (κ1) is 9.61. The van der Waals surface area contributed by atoms with Crippen molar-refractivity contribution in [1.82, 2.24) is 5.06 Å². The number of nitrogens with zero attached hydrogens (tertiary/aromatic N) is 1. The van der Waals surface area contributed by atoms with Gasteiger partial charge in [0.15, 0.2) is 6.29 Å². The summed E-state index contributed by atoms with van der Waals surface area (Å²) in [6, 6.07) is 0. The number of carbonyl (C=O) groups excluding carboxylic acids is 2. The number of hydrogen-bond donors (Lipinski definition) is 0. The predicted octanol–water partition coefficient (Wildman–Crippen LogP) is 0.594. The largest absolute Gasteiger partial charge is 0.350 e. The van der Waals surface area contributed by atoms with E-state index in [1.807, 2.05) is 0 Å². The highest BCUT2D eigenvalue weighted by Crippen LogP contribution is 2.19. The van der Waals surface area contributed by atoms with Gasteiger partial charge in [0.05, 0.1) is 0 Å². The fourth-order valence-corrected chi connectivity index (χ4v) is 1.59. The molecule has 5 heteroatoms. The molecule has 2 aliphatic heterocycles. The van der Waals surface area contributed by atoms with Crippen molar-refractivity contribution in [1.29, 1.82) is 0 Å². The van der Waals surface area contributed by atoms with E-state index in [1.54, 1.807) is 0 Å². The normalized spacial score (nSPS) is 28.6. The minimum absolute atomic E-state index is 0.256. The van der Waals surface area contributed by atoms with Crippen molar-refractivity contribution in [2.24, 2.45) is 0 Å². The summed E-state index contributed by atoms with van der Waals surface area (Å²) < 4.78 is 5.27. The van der Waals surface area contributed by atoms with E-state index in [1.165, 1.54) is 0 Å². The minimum atomic E-state index is -0.422. The molecule has 2 rings (SSSR count). The molecule has 2 fully saturated rings. The minimum Gasteiger partial charge on any atom is -0.350 e. The Labute approximate surface area is 81.9 Å². The van der Waals surface area contributed by atoms with E-state index in [9.17, 15) is 9.59 Å². The highest BCUT2D eigenvalue weighted by Gasteiger charge is 2.33. The third-order valence-corrected chi connectivity index (χ3v) is 2.37. The van der Waals surface area contributed by atoms with E-state index in [2.05, 4.69) is 0 Å². The van der Waals surface area contributed by atoms with Crippen molar-refractivity contribution in [2.45, 2.75) is 38.4 Å². The van der Waals surface area contributed by atoms with Gasteiger partial charge in [-0.05, 0) is 12.8 Å². The van der Waals surface area contributed by atoms with Gasteiger partial charge in [-0.15, -0.1) is 0 Å². The molecule has 0 aromatic heterocycles. The molecular formula is C9H13NO4. The summed E-state index contributed by atoms with van der Waals surface area (Å²) in [7, 11) is 0. The maximum absolute atomic E-state index is 11.2. The number of amides is 2. The van der Waals surface area contributed by atoms with Crippen molar-refractivity contribution in [3.05, 3.63) is 0 Å². The van der Waals surface area contributed by atoms with Crippen LogP contribution in [0.4, 0.5) is 0 Å². The fraction of sp³-hybridized carbons (Fsp3) is 0.778. The van der Waals surface area contributed by atoms with Gasteiger partial charge in [-0.2, -0.15) is 5.06 Å². The number of carbonyl (C=O) groups is 2. The first-order chi connectivity index (χ1) is 6.77. The third-order valence-electron chi connectivity index (χ3n) is 2.37. The Morgan fingerprint density at radius 2 is 1.93 bits per heavy atom. The molecule has 78 valence electrons. The molecule has 0 aromatic carbocycles. The van der Waals surface area contributed by atoms with Gasteiger partial charge in [0.1, 0.15) is 0 Å². The molecule has 2 heterocycles. The molecular weight excluding hydrogens is 186 g/mol. The zero-order chi connectivity index (χ0) is 9.97. The van der Waals surface area contributed by atoms with Crippen LogP contribution in [0.3, 0.4) is 0 Å². The second-order valence-corrected chi connectivity index (χ2v) is 3.48. The number of ether oxygens (including phenoxy) is 1. The molecule has 0 aliphatic carbocycles. The van der Waals surface area contributed by atoms with Crippen LogP contribution in [0.5, 0.6) is 0 Å². The van der Waals surface area contributed by atoms with Crippen LogP contribution in [0.2, 0.25) is 0 Å². The van der Waals surface area contributed by atoms with Gasteiger partial charge in [-0.1, -0.05) is 0 Å². The lowest BCUT2D eigenvalue weighted by atomic mass is 10.2. The van der Waals surface area contributed by atoms with Gasteiger partial charge in [-0.25, -0.2) is 4.84 Å². The van der Waals surface area contributed by atoms with E-state index >= 15 is 0 Å². The van der Waals surface area contributed by atoms with E-state index in [0.717, 1.165) is 24.3 Å². The second kappa shape index (κ2) is 4.06. The van der Waals surface area contributed by atoms with Crippen molar-refractivity contribution in [2.75, 3.05) is 6.61 Å². The van der Waals surface area contributed by atoms with Crippen molar-refractivity contribution >= 4 is 11.8 Å². The Balaban J connectivity index is 1.89. The molecule has 0 spiro atoms. The molecule has 0 saturated carbocycles. The lowest BCUT2D eigenvalue weighted by molar-refractivity contribution is -0.267. The average Bonchev–Trinajstić information content (AvgIpc) is 2.51. The Morgan fingerprint density at radius 1 is 1.21 bits per heavy atom. The summed E-state index contributed by atoms with van der Waals surface area (Å²) in [6.45, 7) is 0.640. The van der Waals surface area contributed by atoms with Crippen molar-refractivity contribution < 1.29 is 19.2 Å². The Hall–Kier alpha value is -0.940. The number of hydrogen-bond acceptors (Lipinski definition) is 4. The second-order valence-electron chi connectivity index (χ2n) is 3.48. The molecule has 2 amide bonds. The van der Waals surface area contributed by atoms with Crippen LogP contribution in [-0.4, -0.2) is 29.8 Å². The van der Waals surface area contributed by atoms with Crippen molar-refractivity contribution in [3.63, 3.8) is 0 Å². The van der Waals surface area contributed by atoms with Gasteiger partial charge in [0.25, 0.3) is 11.8 Å². The van der Waals surface area contributed by atoms with Gasteiger partial charge in [0.2, 0.25) is 0 Å². The number of rotatable bonds is 2. The lowest BCUT2D eigenvalue weighted by Gasteiger charge is -2.25. The summed E-state index contributed by atoms with van der Waals surface area (Å²) in [5, 5.41) is 0.857. The Kier molecular flexibility index (Phi) is 2.79. The number of imide groups is 1. The van der Waals surface area contributed by atoms with Crippen LogP contribution in [0, 0.1) is 0 Å². The summed E-state index contributed by atoms with van der Waals surface area (Å²) in [4.78, 5) is 27.6. The van der Waals surface area contributed by atoms with Gasteiger partial charge in [-0.3, -0.25) is 9.59 Å². The van der Waals surface area contributed by atoms with Crippen LogP contribution in [0.25, 0.3) is 0 Å².